The van der Waals surface area contributed by atoms with E-state index in [9.17, 15) is 29.1 Å². The number of ether oxygens (including phenoxy) is 2. The summed E-state index contributed by atoms with van der Waals surface area (Å²) in [4.78, 5) is 101. The number of benzene rings is 1. The number of thiazole rings is 2. The molecule has 0 unspecified atom stereocenters. The lowest BCUT2D eigenvalue weighted by Gasteiger charge is -2.25. The van der Waals surface area contributed by atoms with Gasteiger partial charge < -0.3 is 46.5 Å². The van der Waals surface area contributed by atoms with Gasteiger partial charge in [0.1, 0.15) is 22.1 Å². The molecule has 24 heteroatoms. The van der Waals surface area contributed by atoms with Gasteiger partial charge in [-0.15, -0.1) is 22.7 Å². The van der Waals surface area contributed by atoms with Crippen molar-refractivity contribution in [1.82, 2.24) is 50.3 Å². The second kappa shape index (κ2) is 26.6. The molecule has 5 amide bonds. The van der Waals surface area contributed by atoms with Gasteiger partial charge in [-0.25, -0.2) is 15.0 Å². The van der Waals surface area contributed by atoms with E-state index in [1.54, 1.807) is 103 Å². The van der Waals surface area contributed by atoms with E-state index < -0.39 is 35.3 Å². The third-order valence-corrected chi connectivity index (χ3v) is 11.9. The average Bonchev–Trinajstić information content (AvgIpc) is 4.10. The molecule has 0 saturated heterocycles. The van der Waals surface area contributed by atoms with Crippen LogP contribution in [0.15, 0.2) is 125 Å². The highest BCUT2D eigenvalue weighted by Crippen LogP contribution is 2.30. The highest BCUT2D eigenvalue weighted by Gasteiger charge is 2.29. The number of aromatic nitrogens is 6. The number of hydrogen-bond donors (Lipinski definition) is 6. The van der Waals surface area contributed by atoms with Crippen LogP contribution in [0.25, 0.3) is 0 Å². The van der Waals surface area contributed by atoms with Crippen LogP contribution in [0.5, 0.6) is 5.75 Å². The Kier molecular flexibility index (Phi) is 19.0. The monoisotopic (exact) mass is 1030 g/mol. The molecule has 0 atom stereocenters. The Balaban J connectivity index is 0.949. The Morgan fingerprint density at radius 3 is 1.49 bits per heavy atom. The molecular weight excluding hydrogens is 977 g/mol. The van der Waals surface area contributed by atoms with Crippen molar-refractivity contribution in [1.29, 1.82) is 0 Å². The maximum Gasteiger partial charge on any atom is 0.276 e. The lowest BCUT2D eigenvalue weighted by molar-refractivity contribution is 0.0486. The number of hydrogen-bond acceptors (Lipinski definition) is 17. The van der Waals surface area contributed by atoms with Gasteiger partial charge >= 0.3 is 0 Å². The lowest BCUT2D eigenvalue weighted by Crippen LogP contribution is -2.34. The minimum Gasteiger partial charge on any atom is -0.506 e. The summed E-state index contributed by atoms with van der Waals surface area (Å²) in [6.07, 6.45) is 6.40. The van der Waals surface area contributed by atoms with E-state index in [1.807, 2.05) is 0 Å². The van der Waals surface area contributed by atoms with Crippen LogP contribution in [0.3, 0.4) is 0 Å². The topological polar surface area (TPSA) is 308 Å². The molecular formula is C49H50N14O8S2. The van der Waals surface area contributed by atoms with Gasteiger partial charge in [0.25, 0.3) is 29.5 Å². The van der Waals surface area contributed by atoms with Crippen molar-refractivity contribution >= 4 is 63.3 Å². The quantitative estimate of drug-likeness (QED) is 0.0270. The summed E-state index contributed by atoms with van der Waals surface area (Å²) in [5.74, 6) is -3.64. The number of pyridine rings is 4. The summed E-state index contributed by atoms with van der Waals surface area (Å²) in [6, 6.07) is 23.7. The van der Waals surface area contributed by atoms with Crippen molar-refractivity contribution in [2.24, 2.45) is 16.5 Å². The summed E-state index contributed by atoms with van der Waals surface area (Å²) in [6.45, 7) is 1.03. The third kappa shape index (κ3) is 15.7. The van der Waals surface area contributed by atoms with Crippen LogP contribution < -0.4 is 27.4 Å². The highest BCUT2D eigenvalue weighted by atomic mass is 32.1. The van der Waals surface area contributed by atoms with Crippen molar-refractivity contribution in [2.45, 2.75) is 32.7 Å². The number of amides is 5. The highest BCUT2D eigenvalue weighted by molar-refractivity contribution is 7.14. The van der Waals surface area contributed by atoms with Crippen LogP contribution in [-0.2, 0) is 42.2 Å². The van der Waals surface area contributed by atoms with Crippen LogP contribution in [0, 0.1) is 0 Å². The molecule has 0 spiro atoms. The molecule has 0 bridgehead atoms. The van der Waals surface area contributed by atoms with E-state index >= 15 is 0 Å². The Hall–Kier alpha value is -8.58. The first kappa shape index (κ1) is 52.2. The minimum atomic E-state index is -0.676. The van der Waals surface area contributed by atoms with Crippen molar-refractivity contribution in [3.8, 4) is 5.75 Å². The zero-order valence-electron chi connectivity index (χ0n) is 39.1. The molecule has 0 radical (unpaired) electrons. The summed E-state index contributed by atoms with van der Waals surface area (Å²) in [5, 5.41) is 23.9. The molecule has 22 nitrogen and oxygen atoms in total. The van der Waals surface area contributed by atoms with Gasteiger partial charge in [-0.3, -0.25) is 49.2 Å². The first-order valence-electron chi connectivity index (χ1n) is 22.5. The smallest absolute Gasteiger partial charge is 0.276 e. The molecule has 376 valence electrons. The zero-order chi connectivity index (χ0) is 51.4. The molecule has 0 fully saturated rings. The van der Waals surface area contributed by atoms with E-state index in [0.717, 1.165) is 11.3 Å². The van der Waals surface area contributed by atoms with Gasteiger partial charge in [0.05, 0.1) is 93.1 Å². The van der Waals surface area contributed by atoms with E-state index in [4.69, 9.17) is 20.9 Å². The molecule has 73 heavy (non-hydrogen) atoms. The van der Waals surface area contributed by atoms with Gasteiger partial charge in [-0.1, -0.05) is 24.3 Å². The van der Waals surface area contributed by atoms with E-state index in [-0.39, 0.29) is 111 Å². The molecule has 1 aromatic carbocycles. The Morgan fingerprint density at radius 2 is 1.04 bits per heavy atom. The number of nitrogens with two attached hydrogens (primary N) is 2. The van der Waals surface area contributed by atoms with Gasteiger partial charge in [-0.2, -0.15) is 0 Å². The predicted molar refractivity (Wildman–Crippen MR) is 270 cm³/mol. The van der Waals surface area contributed by atoms with E-state index in [1.165, 1.54) is 38.6 Å². The maximum atomic E-state index is 14.7. The van der Waals surface area contributed by atoms with Crippen LogP contribution in [0.1, 0.15) is 79.8 Å². The number of aromatic hydroxyl groups is 1. The van der Waals surface area contributed by atoms with Crippen molar-refractivity contribution in [3.05, 3.63) is 176 Å². The standard InChI is InChI=1S/C49H50N14O8S2/c50-48(51)58-25-41-59-40(30-72-41)45(67)61-49-60-39(31-73-49)44(66)57-18-20-71-22-21-70-19-17-56-43(65)32-23-37(46(68)62(26-33-9-1-5-13-52-33)27-34-10-2-6-14-53-34)42(64)38(24-32)47(69)63(28-35-11-3-7-15-54-35)29-36-12-4-8-16-55-36/h1-16,23-24,30-31,64H,17-22,25-29H2,(H,56,65)(H,57,66)(H4,50,51,58)(H,60,61,67). The van der Waals surface area contributed by atoms with Crippen LogP contribution in [-0.4, -0.2) is 120 Å². The summed E-state index contributed by atoms with van der Waals surface area (Å²) in [5.41, 5.74) is 12.6. The van der Waals surface area contributed by atoms with E-state index in [2.05, 4.69) is 50.8 Å². The number of carbonyl (C=O) groups excluding carboxylic acids is 5. The van der Waals surface area contributed by atoms with Crippen LogP contribution >= 0.6 is 22.7 Å². The molecule has 8 N–H and O–H groups in total. The fourth-order valence-electron chi connectivity index (χ4n) is 6.81. The molecule has 0 aliphatic heterocycles. The van der Waals surface area contributed by atoms with Crippen LogP contribution in [0.2, 0.25) is 0 Å². The molecule has 7 rings (SSSR count). The Bertz CT molecular complexity index is 2780. The Labute approximate surface area is 426 Å². The number of phenolic OH excluding ortho intramolecular Hbond substituents is 1. The first-order chi connectivity index (χ1) is 35.5. The van der Waals surface area contributed by atoms with Crippen molar-refractivity contribution in [2.75, 3.05) is 44.8 Å². The average molecular weight is 1030 g/mol. The molecule has 0 saturated carbocycles. The number of guanidine groups is 1. The number of carbonyl (C=O) groups is 5. The largest absolute Gasteiger partial charge is 0.506 e. The van der Waals surface area contributed by atoms with Gasteiger partial charge in [0.15, 0.2) is 11.1 Å². The second-order valence-electron chi connectivity index (χ2n) is 15.6. The maximum absolute atomic E-state index is 14.7. The number of phenols is 1. The normalized spacial score (nSPS) is 10.8. The van der Waals surface area contributed by atoms with Gasteiger partial charge in [0.2, 0.25) is 0 Å². The van der Waals surface area contributed by atoms with Crippen molar-refractivity contribution in [3.63, 3.8) is 0 Å². The van der Waals surface area contributed by atoms with E-state index in [0.29, 0.717) is 27.8 Å². The first-order valence-corrected chi connectivity index (χ1v) is 24.3. The zero-order valence-corrected chi connectivity index (χ0v) is 40.8. The fourth-order valence-corrected chi connectivity index (χ4v) is 8.19. The SMILES string of the molecule is NC(N)=NCc1nc(C(=O)Nc2nc(C(=O)NCCOCCOCCNC(=O)c3cc(C(=O)N(Cc4ccccn4)Cc4ccccn4)c(O)c(C(=O)N(Cc4ccccn4)Cc4ccccn4)c3)cs2)cs1. The fraction of sp³-hybridized carbons (Fsp3) is 0.224. The summed E-state index contributed by atoms with van der Waals surface area (Å²) >= 11 is 2.31. The lowest BCUT2D eigenvalue weighted by atomic mass is 10.0. The van der Waals surface area contributed by atoms with Gasteiger partial charge in [-0.05, 0) is 60.7 Å². The number of aliphatic imine (C=N–C) groups is 1. The second-order valence-corrected chi connectivity index (χ2v) is 17.4. The third-order valence-electron chi connectivity index (χ3n) is 10.3. The minimum absolute atomic E-state index is 0.0217. The van der Waals surface area contributed by atoms with Crippen LogP contribution in [0.4, 0.5) is 5.13 Å². The molecule has 0 aliphatic carbocycles. The predicted octanol–water partition coefficient (Wildman–Crippen LogP) is 3.79. The number of rotatable bonds is 25. The Morgan fingerprint density at radius 1 is 0.589 bits per heavy atom. The summed E-state index contributed by atoms with van der Waals surface area (Å²) < 4.78 is 11.2. The number of anilines is 1. The van der Waals surface area contributed by atoms with Crippen molar-refractivity contribution < 1.29 is 38.6 Å². The summed E-state index contributed by atoms with van der Waals surface area (Å²) in [7, 11) is 0. The molecule has 7 aromatic rings. The molecule has 6 heterocycles. The number of nitrogens with zero attached hydrogens (tertiary/aromatic N) is 9. The molecule has 6 aromatic heterocycles. The number of nitrogens with one attached hydrogen (secondary N) is 3. The molecule has 0 aliphatic rings. The van der Waals surface area contributed by atoms with Gasteiger partial charge in [0, 0.05) is 54.2 Å².